The molecular weight excluding hydrogens is 336 g/mol. The number of amides is 2. The maximum Gasteiger partial charge on any atom is 0.265 e. The molecule has 4 rings (SSSR count). The molecule has 26 heavy (non-hydrogen) atoms. The van der Waals surface area contributed by atoms with Gasteiger partial charge >= 0.3 is 0 Å². The average molecular weight is 354 g/mol. The summed E-state index contributed by atoms with van der Waals surface area (Å²) in [5, 5.41) is 2.84. The van der Waals surface area contributed by atoms with Crippen LogP contribution in [-0.4, -0.2) is 31.3 Å². The fourth-order valence-corrected chi connectivity index (χ4v) is 3.06. The fourth-order valence-electron chi connectivity index (χ4n) is 3.06. The van der Waals surface area contributed by atoms with Crippen LogP contribution in [0.15, 0.2) is 36.4 Å². The first-order valence-corrected chi connectivity index (χ1v) is 8.33. The molecule has 0 aromatic heterocycles. The molecule has 0 fully saturated rings. The smallest absolute Gasteiger partial charge is 0.265 e. The summed E-state index contributed by atoms with van der Waals surface area (Å²) >= 11 is 0. The molecule has 0 radical (unpaired) electrons. The van der Waals surface area contributed by atoms with Crippen LogP contribution in [0.3, 0.4) is 0 Å². The van der Waals surface area contributed by atoms with Gasteiger partial charge < -0.3 is 24.4 Å². The third-order valence-electron chi connectivity index (χ3n) is 4.25. The largest absolute Gasteiger partial charge is 0.482 e. The number of hydrogen-bond acceptors (Lipinski definition) is 5. The molecule has 2 aromatic rings. The standard InChI is InChI=1S/C19H18N2O5/c1-11(2)21-14-8-13(4-6-15(14)24-9-18(21)22)20-19(23)12-3-5-16-17(7-12)26-10-25-16/h3-8,11H,9-10H2,1-2H3,(H,20,23). The van der Waals surface area contributed by atoms with Crippen molar-refractivity contribution in [3.8, 4) is 17.2 Å². The molecule has 2 aliphatic rings. The van der Waals surface area contributed by atoms with Crippen LogP contribution < -0.4 is 24.4 Å². The molecular formula is C19H18N2O5. The van der Waals surface area contributed by atoms with Gasteiger partial charge in [-0.3, -0.25) is 9.59 Å². The van der Waals surface area contributed by atoms with Gasteiger partial charge in [0, 0.05) is 17.3 Å². The molecule has 0 unspecified atom stereocenters. The zero-order chi connectivity index (χ0) is 18.3. The zero-order valence-corrected chi connectivity index (χ0v) is 14.4. The van der Waals surface area contributed by atoms with E-state index in [1.54, 1.807) is 41.3 Å². The summed E-state index contributed by atoms with van der Waals surface area (Å²) < 4.78 is 16.0. The van der Waals surface area contributed by atoms with Gasteiger partial charge in [0.15, 0.2) is 18.1 Å². The molecule has 134 valence electrons. The van der Waals surface area contributed by atoms with Crippen molar-refractivity contribution in [3.63, 3.8) is 0 Å². The Balaban J connectivity index is 1.59. The second-order valence-corrected chi connectivity index (χ2v) is 6.35. The first kappa shape index (κ1) is 16.3. The summed E-state index contributed by atoms with van der Waals surface area (Å²) in [5.41, 5.74) is 1.69. The van der Waals surface area contributed by atoms with Gasteiger partial charge in [-0.15, -0.1) is 0 Å². The third kappa shape index (κ3) is 2.81. The Morgan fingerprint density at radius 3 is 2.62 bits per heavy atom. The van der Waals surface area contributed by atoms with Crippen LogP contribution in [0, 0.1) is 0 Å². The molecule has 7 nitrogen and oxygen atoms in total. The van der Waals surface area contributed by atoms with Gasteiger partial charge in [0.25, 0.3) is 11.8 Å². The van der Waals surface area contributed by atoms with Crippen molar-refractivity contribution in [1.82, 2.24) is 0 Å². The summed E-state index contributed by atoms with van der Waals surface area (Å²) in [5.74, 6) is 1.42. The first-order chi connectivity index (χ1) is 12.5. The number of carbonyl (C=O) groups excluding carboxylic acids is 2. The number of ether oxygens (including phenoxy) is 3. The molecule has 2 heterocycles. The van der Waals surface area contributed by atoms with Gasteiger partial charge in [0.1, 0.15) is 5.75 Å². The number of nitrogens with zero attached hydrogens (tertiary/aromatic N) is 1. The van der Waals surface area contributed by atoms with Crippen LogP contribution in [-0.2, 0) is 4.79 Å². The van der Waals surface area contributed by atoms with Crippen molar-refractivity contribution < 1.29 is 23.8 Å². The van der Waals surface area contributed by atoms with Crippen LogP contribution in [0.25, 0.3) is 0 Å². The Morgan fingerprint density at radius 2 is 1.81 bits per heavy atom. The molecule has 0 saturated heterocycles. The van der Waals surface area contributed by atoms with E-state index in [2.05, 4.69) is 5.32 Å². The van der Waals surface area contributed by atoms with Crippen molar-refractivity contribution in [2.24, 2.45) is 0 Å². The number of nitrogens with one attached hydrogen (secondary N) is 1. The van der Waals surface area contributed by atoms with E-state index in [-0.39, 0.29) is 31.3 Å². The zero-order valence-electron chi connectivity index (χ0n) is 14.4. The van der Waals surface area contributed by atoms with E-state index in [1.807, 2.05) is 13.8 Å². The number of anilines is 2. The molecule has 7 heteroatoms. The summed E-state index contributed by atoms with van der Waals surface area (Å²) in [7, 11) is 0. The Hall–Kier alpha value is -3.22. The van der Waals surface area contributed by atoms with Crippen LogP contribution in [0.5, 0.6) is 17.2 Å². The lowest BCUT2D eigenvalue weighted by Gasteiger charge is -2.32. The topological polar surface area (TPSA) is 77.1 Å². The second kappa shape index (κ2) is 6.25. The molecule has 0 spiro atoms. The van der Waals surface area contributed by atoms with Crippen molar-refractivity contribution in [3.05, 3.63) is 42.0 Å². The number of hydrogen-bond donors (Lipinski definition) is 1. The summed E-state index contributed by atoms with van der Waals surface area (Å²) in [6, 6.07) is 10.3. The van der Waals surface area contributed by atoms with Crippen LogP contribution in [0.4, 0.5) is 11.4 Å². The Labute approximate surface area is 150 Å². The lowest BCUT2D eigenvalue weighted by atomic mass is 10.1. The monoisotopic (exact) mass is 354 g/mol. The van der Waals surface area contributed by atoms with Crippen LogP contribution in [0.1, 0.15) is 24.2 Å². The quantitative estimate of drug-likeness (QED) is 0.917. The Morgan fingerprint density at radius 1 is 1.04 bits per heavy atom. The minimum Gasteiger partial charge on any atom is -0.482 e. The fraction of sp³-hybridized carbons (Fsp3) is 0.263. The van der Waals surface area contributed by atoms with Crippen molar-refractivity contribution in [2.45, 2.75) is 19.9 Å². The highest BCUT2D eigenvalue weighted by Gasteiger charge is 2.28. The van der Waals surface area contributed by atoms with Crippen molar-refractivity contribution in [1.29, 1.82) is 0 Å². The predicted octanol–water partition coefficient (Wildman–Crippen LogP) is 2.80. The molecule has 0 atom stereocenters. The first-order valence-electron chi connectivity index (χ1n) is 8.33. The van der Waals surface area contributed by atoms with Gasteiger partial charge in [-0.2, -0.15) is 0 Å². The van der Waals surface area contributed by atoms with Crippen LogP contribution in [0.2, 0.25) is 0 Å². The number of rotatable bonds is 3. The van der Waals surface area contributed by atoms with E-state index in [1.165, 1.54) is 0 Å². The summed E-state index contributed by atoms with van der Waals surface area (Å²) in [4.78, 5) is 26.4. The maximum absolute atomic E-state index is 12.5. The minimum absolute atomic E-state index is 0.00930. The lowest BCUT2D eigenvalue weighted by Crippen LogP contribution is -2.43. The van der Waals surface area contributed by atoms with Gasteiger partial charge in [-0.05, 0) is 50.2 Å². The van der Waals surface area contributed by atoms with Gasteiger partial charge in [0.05, 0.1) is 5.69 Å². The maximum atomic E-state index is 12.5. The Bertz CT molecular complexity index is 893. The van der Waals surface area contributed by atoms with Crippen molar-refractivity contribution >= 4 is 23.2 Å². The second-order valence-electron chi connectivity index (χ2n) is 6.35. The number of fused-ring (bicyclic) bond motifs is 2. The molecule has 2 amide bonds. The normalized spacial score (nSPS) is 14.9. The van der Waals surface area contributed by atoms with Crippen molar-refractivity contribution in [2.75, 3.05) is 23.6 Å². The number of benzene rings is 2. The van der Waals surface area contributed by atoms with E-state index < -0.39 is 0 Å². The van der Waals surface area contributed by atoms with E-state index in [9.17, 15) is 9.59 Å². The van der Waals surface area contributed by atoms with Gasteiger partial charge in [0.2, 0.25) is 6.79 Å². The summed E-state index contributed by atoms with van der Waals surface area (Å²) in [6.07, 6.45) is 0. The minimum atomic E-state index is -0.276. The number of carbonyl (C=O) groups is 2. The van der Waals surface area contributed by atoms with E-state index in [0.717, 1.165) is 0 Å². The molecule has 0 saturated carbocycles. The molecule has 1 N–H and O–H groups in total. The molecule has 0 aliphatic carbocycles. The van der Waals surface area contributed by atoms with E-state index in [4.69, 9.17) is 14.2 Å². The predicted molar refractivity (Wildman–Crippen MR) is 95.1 cm³/mol. The molecule has 2 aromatic carbocycles. The lowest BCUT2D eigenvalue weighted by molar-refractivity contribution is -0.121. The van der Waals surface area contributed by atoms with E-state index >= 15 is 0 Å². The van der Waals surface area contributed by atoms with Crippen LogP contribution >= 0.6 is 0 Å². The third-order valence-corrected chi connectivity index (χ3v) is 4.25. The highest BCUT2D eigenvalue weighted by Crippen LogP contribution is 2.36. The van der Waals surface area contributed by atoms with Gasteiger partial charge in [-0.25, -0.2) is 0 Å². The molecule has 2 aliphatic heterocycles. The SMILES string of the molecule is CC(C)N1C(=O)COc2ccc(NC(=O)c3ccc4c(c3)OCO4)cc21. The average Bonchev–Trinajstić information content (AvgIpc) is 3.08. The van der Waals surface area contributed by atoms with Gasteiger partial charge in [-0.1, -0.05) is 0 Å². The highest BCUT2D eigenvalue weighted by molar-refractivity contribution is 6.06. The highest BCUT2D eigenvalue weighted by atomic mass is 16.7. The summed E-state index contributed by atoms with van der Waals surface area (Å²) in [6.45, 7) is 4.05. The Kier molecular flexibility index (Phi) is 3.91. The van der Waals surface area contributed by atoms with E-state index in [0.29, 0.717) is 34.2 Å². The molecule has 0 bridgehead atoms.